The van der Waals surface area contributed by atoms with Crippen molar-refractivity contribution in [1.29, 1.82) is 0 Å². The normalized spacial score (nSPS) is 12.5. The number of aliphatic hydroxyl groups excluding tert-OH is 1. The average Bonchev–Trinajstić information content (AvgIpc) is 2.03. The van der Waals surface area contributed by atoms with Crippen LogP contribution in [0.1, 0.15) is 46.0 Å². The number of unbranched alkanes of at least 4 members (excludes halogenated alkanes) is 2. The van der Waals surface area contributed by atoms with Crippen LogP contribution in [-0.2, 0) is 9.53 Å². The van der Waals surface area contributed by atoms with Gasteiger partial charge in [0.1, 0.15) is 0 Å². The van der Waals surface area contributed by atoms with E-state index in [0.717, 1.165) is 25.7 Å². The van der Waals surface area contributed by atoms with Crippen LogP contribution in [0.3, 0.4) is 0 Å². The van der Waals surface area contributed by atoms with Crippen molar-refractivity contribution in [3.63, 3.8) is 0 Å². The van der Waals surface area contributed by atoms with E-state index in [4.69, 9.17) is 9.84 Å². The van der Waals surface area contributed by atoms with Gasteiger partial charge in [-0.2, -0.15) is 0 Å². The van der Waals surface area contributed by atoms with E-state index in [0.29, 0.717) is 13.0 Å². The van der Waals surface area contributed by atoms with Gasteiger partial charge in [0, 0.05) is 6.42 Å². The summed E-state index contributed by atoms with van der Waals surface area (Å²) in [6.45, 7) is 4.06. The van der Waals surface area contributed by atoms with E-state index < -0.39 is 0 Å². The van der Waals surface area contributed by atoms with Crippen LogP contribution >= 0.6 is 0 Å². The maximum absolute atomic E-state index is 10.9. The van der Waals surface area contributed by atoms with Crippen molar-refractivity contribution in [2.45, 2.75) is 52.1 Å². The van der Waals surface area contributed by atoms with Gasteiger partial charge in [-0.1, -0.05) is 12.8 Å². The first-order valence-corrected chi connectivity index (χ1v) is 5.00. The fourth-order valence-corrected chi connectivity index (χ4v) is 1.12. The Morgan fingerprint density at radius 2 is 2.08 bits per heavy atom. The molecule has 0 aliphatic carbocycles. The van der Waals surface area contributed by atoms with Gasteiger partial charge in [-0.3, -0.25) is 4.79 Å². The number of carbonyl (C=O) groups excluding carboxylic acids is 1. The SMILES string of the molecule is CCOC(=O)CCCCC[C@@H](C)O. The van der Waals surface area contributed by atoms with Gasteiger partial charge in [0.2, 0.25) is 0 Å². The van der Waals surface area contributed by atoms with E-state index in [-0.39, 0.29) is 12.1 Å². The van der Waals surface area contributed by atoms with Gasteiger partial charge in [-0.05, 0) is 26.7 Å². The molecule has 0 aliphatic rings. The monoisotopic (exact) mass is 188 g/mol. The molecule has 0 aromatic carbocycles. The summed E-state index contributed by atoms with van der Waals surface area (Å²) >= 11 is 0. The Morgan fingerprint density at radius 1 is 1.38 bits per heavy atom. The van der Waals surface area contributed by atoms with Crippen LogP contribution in [0.25, 0.3) is 0 Å². The van der Waals surface area contributed by atoms with E-state index in [9.17, 15) is 4.79 Å². The lowest BCUT2D eigenvalue weighted by Crippen LogP contribution is -2.03. The molecule has 0 aliphatic heterocycles. The van der Waals surface area contributed by atoms with Crippen molar-refractivity contribution in [1.82, 2.24) is 0 Å². The van der Waals surface area contributed by atoms with Crippen LogP contribution in [0.5, 0.6) is 0 Å². The van der Waals surface area contributed by atoms with Gasteiger partial charge in [-0.15, -0.1) is 0 Å². The molecule has 3 nitrogen and oxygen atoms in total. The number of hydrogen-bond donors (Lipinski definition) is 1. The van der Waals surface area contributed by atoms with Gasteiger partial charge < -0.3 is 9.84 Å². The molecule has 0 rings (SSSR count). The summed E-state index contributed by atoms with van der Waals surface area (Å²) in [6, 6.07) is 0. The molecule has 0 aromatic rings. The second kappa shape index (κ2) is 8.05. The van der Waals surface area contributed by atoms with E-state index in [1.807, 2.05) is 6.92 Å². The van der Waals surface area contributed by atoms with E-state index in [2.05, 4.69) is 0 Å². The lowest BCUT2D eigenvalue weighted by Gasteiger charge is -2.03. The molecule has 78 valence electrons. The summed E-state index contributed by atoms with van der Waals surface area (Å²) in [7, 11) is 0. The molecule has 3 heteroatoms. The van der Waals surface area contributed by atoms with Gasteiger partial charge in [-0.25, -0.2) is 0 Å². The third-order valence-corrected chi connectivity index (χ3v) is 1.81. The molecule has 0 spiro atoms. The first-order valence-electron chi connectivity index (χ1n) is 5.00. The van der Waals surface area contributed by atoms with Crippen molar-refractivity contribution < 1.29 is 14.6 Å². The average molecular weight is 188 g/mol. The molecule has 0 saturated heterocycles. The third-order valence-electron chi connectivity index (χ3n) is 1.81. The lowest BCUT2D eigenvalue weighted by atomic mass is 10.1. The molecule has 1 N–H and O–H groups in total. The Balaban J connectivity index is 3.11. The van der Waals surface area contributed by atoms with Crippen LogP contribution in [0.4, 0.5) is 0 Å². The van der Waals surface area contributed by atoms with Crippen LogP contribution in [0.2, 0.25) is 0 Å². The quantitative estimate of drug-likeness (QED) is 0.490. The van der Waals surface area contributed by atoms with Crippen molar-refractivity contribution in [2.75, 3.05) is 6.61 Å². The summed E-state index contributed by atoms with van der Waals surface area (Å²) in [4.78, 5) is 10.9. The van der Waals surface area contributed by atoms with Gasteiger partial charge >= 0.3 is 5.97 Å². The van der Waals surface area contributed by atoms with Gasteiger partial charge in [0.05, 0.1) is 12.7 Å². The minimum Gasteiger partial charge on any atom is -0.466 e. The van der Waals surface area contributed by atoms with E-state index >= 15 is 0 Å². The molecule has 0 heterocycles. The molecular formula is C10H20O3. The molecule has 0 fully saturated rings. The van der Waals surface area contributed by atoms with Crippen molar-refractivity contribution in [2.24, 2.45) is 0 Å². The highest BCUT2D eigenvalue weighted by Gasteiger charge is 2.01. The second-order valence-corrected chi connectivity index (χ2v) is 3.25. The molecule has 0 radical (unpaired) electrons. The molecule has 13 heavy (non-hydrogen) atoms. The molecular weight excluding hydrogens is 168 g/mol. The molecule has 0 aromatic heterocycles. The first-order chi connectivity index (χ1) is 6.16. The highest BCUT2D eigenvalue weighted by atomic mass is 16.5. The van der Waals surface area contributed by atoms with E-state index in [1.54, 1.807) is 6.92 Å². The summed E-state index contributed by atoms with van der Waals surface area (Å²) in [5.41, 5.74) is 0. The molecule has 0 bridgehead atoms. The van der Waals surface area contributed by atoms with Crippen molar-refractivity contribution in [3.05, 3.63) is 0 Å². The standard InChI is InChI=1S/C10H20O3/c1-3-13-10(12)8-6-4-5-7-9(2)11/h9,11H,3-8H2,1-2H3/t9-/m1/s1. The van der Waals surface area contributed by atoms with Crippen molar-refractivity contribution in [3.8, 4) is 0 Å². The first kappa shape index (κ1) is 12.4. The Hall–Kier alpha value is -0.570. The van der Waals surface area contributed by atoms with Crippen molar-refractivity contribution >= 4 is 5.97 Å². The minimum atomic E-state index is -0.220. The maximum Gasteiger partial charge on any atom is 0.305 e. The lowest BCUT2D eigenvalue weighted by molar-refractivity contribution is -0.143. The maximum atomic E-state index is 10.9. The number of carbonyl (C=O) groups is 1. The highest BCUT2D eigenvalue weighted by molar-refractivity contribution is 5.69. The zero-order valence-corrected chi connectivity index (χ0v) is 8.58. The highest BCUT2D eigenvalue weighted by Crippen LogP contribution is 2.05. The summed E-state index contributed by atoms with van der Waals surface area (Å²) < 4.78 is 4.78. The number of esters is 1. The van der Waals surface area contributed by atoms with Crippen LogP contribution in [0, 0.1) is 0 Å². The number of rotatable bonds is 7. The predicted octanol–water partition coefficient (Wildman–Crippen LogP) is 1.88. The predicted molar refractivity (Wildman–Crippen MR) is 51.4 cm³/mol. The molecule has 0 saturated carbocycles. The van der Waals surface area contributed by atoms with Crippen LogP contribution in [-0.4, -0.2) is 23.8 Å². The summed E-state index contributed by atoms with van der Waals surface area (Å²) in [5.74, 6) is -0.112. The van der Waals surface area contributed by atoms with Gasteiger partial charge in [0.25, 0.3) is 0 Å². The smallest absolute Gasteiger partial charge is 0.305 e. The fourth-order valence-electron chi connectivity index (χ4n) is 1.12. The molecule has 0 amide bonds. The Morgan fingerprint density at radius 3 is 2.62 bits per heavy atom. The largest absolute Gasteiger partial charge is 0.466 e. The zero-order valence-electron chi connectivity index (χ0n) is 8.58. The number of hydrogen-bond acceptors (Lipinski definition) is 3. The summed E-state index contributed by atoms with van der Waals surface area (Å²) in [6.07, 6.45) is 3.95. The Kier molecular flexibility index (Phi) is 7.69. The van der Waals surface area contributed by atoms with Gasteiger partial charge in [0.15, 0.2) is 0 Å². The number of ether oxygens (including phenoxy) is 1. The fraction of sp³-hybridized carbons (Fsp3) is 0.900. The second-order valence-electron chi connectivity index (χ2n) is 3.25. The topological polar surface area (TPSA) is 46.5 Å². The Labute approximate surface area is 80.1 Å². The van der Waals surface area contributed by atoms with Crippen LogP contribution < -0.4 is 0 Å². The third kappa shape index (κ3) is 9.34. The number of aliphatic hydroxyl groups is 1. The zero-order chi connectivity index (χ0) is 10.1. The minimum absolute atomic E-state index is 0.112. The molecule has 1 atom stereocenters. The summed E-state index contributed by atoms with van der Waals surface area (Å²) in [5, 5.41) is 8.95. The van der Waals surface area contributed by atoms with E-state index in [1.165, 1.54) is 0 Å². The van der Waals surface area contributed by atoms with Crippen LogP contribution in [0.15, 0.2) is 0 Å². The Bertz CT molecular complexity index is 132. The molecule has 0 unspecified atom stereocenters.